The van der Waals surface area contributed by atoms with E-state index in [-0.39, 0.29) is 5.75 Å². The van der Waals surface area contributed by atoms with E-state index in [4.69, 9.17) is 4.74 Å². The average molecular weight is 421 g/mol. The lowest BCUT2D eigenvalue weighted by atomic mass is 10.2. The van der Waals surface area contributed by atoms with Crippen molar-refractivity contribution in [1.82, 2.24) is 0 Å². The molecule has 0 fully saturated rings. The number of ether oxygens (including phenoxy) is 1. The van der Waals surface area contributed by atoms with Gasteiger partial charge in [-0.2, -0.15) is 10.2 Å². The number of amides is 1. The first-order valence-corrected chi connectivity index (χ1v) is 8.85. The second kappa shape index (κ2) is 9.69. The zero-order chi connectivity index (χ0) is 22.2. The van der Waals surface area contributed by atoms with Gasteiger partial charge in [0, 0.05) is 11.8 Å². The molecular weight excluding hydrogens is 406 g/mol. The number of benzene rings is 3. The molecule has 11 heteroatoms. The number of nitro benzene ring substituents is 2. The standard InChI is InChI=1S/C20H15N5O6/c26-20(13-31-19-11-10-17(24(27)28)12-18(19)25(29)30)21-14-6-8-16(9-7-14)23-22-15-4-2-1-3-5-15/h1-12H,13H2,(H,21,26). The first kappa shape index (κ1) is 21.0. The Morgan fingerprint density at radius 3 is 2.13 bits per heavy atom. The molecule has 0 saturated carbocycles. The first-order chi connectivity index (χ1) is 14.9. The summed E-state index contributed by atoms with van der Waals surface area (Å²) >= 11 is 0. The Hall–Kier alpha value is -4.67. The molecule has 0 radical (unpaired) electrons. The van der Waals surface area contributed by atoms with Crippen molar-refractivity contribution in [3.05, 3.63) is 93.0 Å². The van der Waals surface area contributed by atoms with E-state index in [1.54, 1.807) is 24.3 Å². The molecule has 3 aromatic carbocycles. The summed E-state index contributed by atoms with van der Waals surface area (Å²) in [6.45, 7) is -0.520. The van der Waals surface area contributed by atoms with Crippen LogP contribution in [0.15, 0.2) is 83.0 Å². The molecule has 0 bridgehead atoms. The van der Waals surface area contributed by atoms with Crippen LogP contribution in [0.5, 0.6) is 5.75 Å². The highest BCUT2D eigenvalue weighted by molar-refractivity contribution is 5.92. The van der Waals surface area contributed by atoms with E-state index in [1.807, 2.05) is 30.3 Å². The van der Waals surface area contributed by atoms with E-state index in [0.29, 0.717) is 17.1 Å². The van der Waals surface area contributed by atoms with E-state index in [2.05, 4.69) is 15.5 Å². The molecule has 0 aliphatic heterocycles. The maximum atomic E-state index is 12.1. The van der Waals surface area contributed by atoms with Crippen molar-refractivity contribution in [2.24, 2.45) is 10.2 Å². The maximum Gasteiger partial charge on any atom is 0.317 e. The van der Waals surface area contributed by atoms with E-state index in [0.717, 1.165) is 18.2 Å². The largest absolute Gasteiger partial charge is 0.477 e. The van der Waals surface area contributed by atoms with Crippen LogP contribution in [0, 0.1) is 20.2 Å². The third kappa shape index (κ3) is 5.90. The van der Waals surface area contributed by atoms with Gasteiger partial charge in [-0.25, -0.2) is 0 Å². The molecule has 0 atom stereocenters. The highest BCUT2D eigenvalue weighted by Crippen LogP contribution is 2.31. The van der Waals surface area contributed by atoms with Gasteiger partial charge in [0.05, 0.1) is 27.3 Å². The highest BCUT2D eigenvalue weighted by atomic mass is 16.6. The molecule has 0 aliphatic rings. The number of nitro groups is 2. The number of carbonyl (C=O) groups is 1. The Morgan fingerprint density at radius 2 is 1.52 bits per heavy atom. The van der Waals surface area contributed by atoms with Gasteiger partial charge in [-0.3, -0.25) is 25.0 Å². The van der Waals surface area contributed by atoms with Crippen LogP contribution in [-0.4, -0.2) is 22.4 Å². The summed E-state index contributed by atoms with van der Waals surface area (Å²) in [6.07, 6.45) is 0. The monoisotopic (exact) mass is 421 g/mol. The molecule has 0 aliphatic carbocycles. The summed E-state index contributed by atoms with van der Waals surface area (Å²) in [6, 6.07) is 18.7. The molecule has 156 valence electrons. The number of hydrogen-bond donors (Lipinski definition) is 1. The number of carbonyl (C=O) groups excluding carboxylic acids is 1. The minimum absolute atomic E-state index is 0.248. The van der Waals surface area contributed by atoms with Gasteiger partial charge in [-0.05, 0) is 42.5 Å². The molecule has 11 nitrogen and oxygen atoms in total. The minimum Gasteiger partial charge on any atom is -0.477 e. The lowest BCUT2D eigenvalue weighted by Crippen LogP contribution is -2.20. The van der Waals surface area contributed by atoms with Gasteiger partial charge in [0.1, 0.15) is 0 Å². The number of hydrogen-bond acceptors (Lipinski definition) is 8. The van der Waals surface area contributed by atoms with Crippen molar-refractivity contribution in [2.75, 3.05) is 11.9 Å². The number of azo groups is 1. The van der Waals surface area contributed by atoms with E-state index in [1.165, 1.54) is 0 Å². The van der Waals surface area contributed by atoms with Crippen LogP contribution in [0.1, 0.15) is 0 Å². The fourth-order valence-electron chi connectivity index (χ4n) is 2.45. The quantitative estimate of drug-likeness (QED) is 0.309. The SMILES string of the molecule is O=C(COc1ccc([N+](=O)[O-])cc1[N+](=O)[O-])Nc1ccc(N=Nc2ccccc2)cc1. The second-order valence-electron chi connectivity index (χ2n) is 6.09. The minimum atomic E-state index is -0.817. The molecule has 0 saturated heterocycles. The molecule has 1 amide bonds. The Labute approximate surface area is 175 Å². The summed E-state index contributed by atoms with van der Waals surface area (Å²) < 4.78 is 5.17. The van der Waals surface area contributed by atoms with Crippen molar-refractivity contribution >= 4 is 34.3 Å². The van der Waals surface area contributed by atoms with Gasteiger partial charge >= 0.3 is 5.69 Å². The Bertz CT molecular complexity index is 1130. The van der Waals surface area contributed by atoms with Crippen LogP contribution in [0.4, 0.5) is 28.4 Å². The summed E-state index contributed by atoms with van der Waals surface area (Å²) in [7, 11) is 0. The van der Waals surface area contributed by atoms with Gasteiger partial charge in [-0.1, -0.05) is 18.2 Å². The van der Waals surface area contributed by atoms with E-state index < -0.39 is 33.7 Å². The average Bonchev–Trinajstić information content (AvgIpc) is 2.77. The van der Waals surface area contributed by atoms with Crippen LogP contribution in [-0.2, 0) is 4.79 Å². The van der Waals surface area contributed by atoms with Crippen molar-refractivity contribution in [2.45, 2.75) is 0 Å². The second-order valence-corrected chi connectivity index (χ2v) is 6.09. The van der Waals surface area contributed by atoms with Gasteiger partial charge in [0.2, 0.25) is 0 Å². The molecule has 0 aromatic heterocycles. The molecule has 0 spiro atoms. The zero-order valence-corrected chi connectivity index (χ0v) is 15.9. The van der Waals surface area contributed by atoms with Gasteiger partial charge in [0.15, 0.2) is 12.4 Å². The predicted octanol–water partition coefficient (Wildman–Crippen LogP) is 4.94. The molecule has 3 rings (SSSR count). The van der Waals surface area contributed by atoms with Crippen molar-refractivity contribution in [3.8, 4) is 5.75 Å². The predicted molar refractivity (Wildman–Crippen MR) is 111 cm³/mol. The van der Waals surface area contributed by atoms with Crippen molar-refractivity contribution < 1.29 is 19.4 Å². The lowest BCUT2D eigenvalue weighted by Gasteiger charge is -2.08. The van der Waals surface area contributed by atoms with Crippen LogP contribution in [0.25, 0.3) is 0 Å². The Morgan fingerprint density at radius 1 is 0.871 bits per heavy atom. The molecule has 0 heterocycles. The molecule has 0 unspecified atom stereocenters. The van der Waals surface area contributed by atoms with Crippen LogP contribution < -0.4 is 10.1 Å². The summed E-state index contributed by atoms with van der Waals surface area (Å²) in [5.74, 6) is -0.811. The summed E-state index contributed by atoms with van der Waals surface area (Å²) in [4.78, 5) is 32.4. The molecular formula is C20H15N5O6. The third-order valence-electron chi connectivity index (χ3n) is 3.90. The fourth-order valence-corrected chi connectivity index (χ4v) is 2.45. The molecule has 3 aromatic rings. The lowest BCUT2D eigenvalue weighted by molar-refractivity contribution is -0.394. The molecule has 31 heavy (non-hydrogen) atoms. The van der Waals surface area contributed by atoms with E-state index in [9.17, 15) is 25.0 Å². The highest BCUT2D eigenvalue weighted by Gasteiger charge is 2.21. The summed E-state index contributed by atoms with van der Waals surface area (Å²) in [5.41, 5.74) is 0.700. The van der Waals surface area contributed by atoms with Gasteiger partial charge < -0.3 is 10.1 Å². The normalized spacial score (nSPS) is 10.6. The Kier molecular flexibility index (Phi) is 6.58. The van der Waals surface area contributed by atoms with Gasteiger partial charge in [0.25, 0.3) is 11.6 Å². The smallest absolute Gasteiger partial charge is 0.317 e. The Balaban J connectivity index is 1.58. The van der Waals surface area contributed by atoms with Crippen LogP contribution >= 0.6 is 0 Å². The van der Waals surface area contributed by atoms with Crippen molar-refractivity contribution in [3.63, 3.8) is 0 Å². The maximum absolute atomic E-state index is 12.1. The number of nitrogens with one attached hydrogen (secondary N) is 1. The third-order valence-corrected chi connectivity index (χ3v) is 3.90. The number of non-ortho nitro benzene ring substituents is 1. The molecule has 1 N–H and O–H groups in total. The fraction of sp³-hybridized carbons (Fsp3) is 0.0500. The van der Waals surface area contributed by atoms with Gasteiger partial charge in [-0.15, -0.1) is 0 Å². The number of anilines is 1. The number of nitrogens with zero attached hydrogens (tertiary/aromatic N) is 4. The van der Waals surface area contributed by atoms with E-state index >= 15 is 0 Å². The van der Waals surface area contributed by atoms with Crippen molar-refractivity contribution in [1.29, 1.82) is 0 Å². The zero-order valence-electron chi connectivity index (χ0n) is 15.9. The van der Waals surface area contributed by atoms with Crippen LogP contribution in [0.3, 0.4) is 0 Å². The summed E-state index contributed by atoms with van der Waals surface area (Å²) in [5, 5.41) is 32.6. The topological polar surface area (TPSA) is 149 Å². The first-order valence-electron chi connectivity index (χ1n) is 8.85. The number of rotatable bonds is 8. The van der Waals surface area contributed by atoms with Crippen LogP contribution in [0.2, 0.25) is 0 Å².